The van der Waals surface area contributed by atoms with Crippen molar-refractivity contribution in [1.82, 2.24) is 24.1 Å². The number of nitrogens with two attached hydrogens (primary N) is 1. The number of nitrogens with zero attached hydrogens (tertiary/aromatic N) is 5. The van der Waals surface area contributed by atoms with Gasteiger partial charge < -0.3 is 15.5 Å². The van der Waals surface area contributed by atoms with Gasteiger partial charge in [0.15, 0.2) is 0 Å². The molecule has 2 fully saturated rings. The van der Waals surface area contributed by atoms with Gasteiger partial charge >= 0.3 is 0 Å². The Morgan fingerprint density at radius 2 is 2.03 bits per heavy atom. The maximum atomic E-state index is 13.0. The van der Waals surface area contributed by atoms with Crippen LogP contribution in [-0.2, 0) is 11.3 Å². The summed E-state index contributed by atoms with van der Waals surface area (Å²) in [7, 11) is 0. The molecule has 9 heteroatoms. The number of halogens is 1. The topological polar surface area (TPSA) is 103 Å². The summed E-state index contributed by atoms with van der Waals surface area (Å²) in [5.41, 5.74) is 11.7. The number of nitrogens with one attached hydrogen (secondary N) is 1. The Labute approximate surface area is 212 Å². The molecule has 0 aliphatic heterocycles. The number of nitrogen functional groups attached to an aromatic ring is 1. The van der Waals surface area contributed by atoms with Crippen LogP contribution in [0.4, 0.5) is 11.5 Å². The number of aromatic nitrogens is 5. The van der Waals surface area contributed by atoms with Gasteiger partial charge in [0.2, 0.25) is 5.91 Å². The highest BCUT2D eigenvalue weighted by Gasteiger charge is 2.45. The maximum absolute atomic E-state index is 13.0. The second kappa shape index (κ2) is 8.06. The zero-order chi connectivity index (χ0) is 24.4. The molecular formula is C27H24ClN7O. The van der Waals surface area contributed by atoms with Gasteiger partial charge in [-0.1, -0.05) is 17.7 Å². The predicted octanol–water partition coefficient (Wildman–Crippen LogP) is 4.98. The summed E-state index contributed by atoms with van der Waals surface area (Å²) >= 11 is 6.13. The summed E-state index contributed by atoms with van der Waals surface area (Å²) in [6, 6.07) is 11.5. The third kappa shape index (κ3) is 3.87. The summed E-state index contributed by atoms with van der Waals surface area (Å²) in [5, 5.41) is 9.12. The van der Waals surface area contributed by atoms with Crippen LogP contribution < -0.4 is 11.1 Å². The molecule has 4 aromatic heterocycles. The van der Waals surface area contributed by atoms with E-state index in [0.717, 1.165) is 34.2 Å². The molecule has 0 spiro atoms. The van der Waals surface area contributed by atoms with Gasteiger partial charge in [-0.2, -0.15) is 5.10 Å². The number of anilines is 2. The molecule has 0 radical (unpaired) electrons. The first-order valence-electron chi connectivity index (χ1n) is 12.2. The predicted molar refractivity (Wildman–Crippen MR) is 139 cm³/mol. The number of carbonyl (C=O) groups excluding carboxylic acids is 1. The van der Waals surface area contributed by atoms with Crippen molar-refractivity contribution in [3.8, 4) is 0 Å². The molecule has 4 heterocycles. The molecule has 36 heavy (non-hydrogen) atoms. The number of benzene rings is 1. The first kappa shape index (κ1) is 21.4. The number of carbonyl (C=O) groups is 1. The molecule has 7 rings (SSSR count). The number of amides is 1. The minimum absolute atomic E-state index is 0.0704. The van der Waals surface area contributed by atoms with Gasteiger partial charge in [-0.05, 0) is 72.6 Å². The Bertz CT molecular complexity index is 1650. The lowest BCUT2D eigenvalue weighted by molar-refractivity contribution is -0.117. The molecule has 0 bridgehead atoms. The summed E-state index contributed by atoms with van der Waals surface area (Å²) in [6.45, 7) is 0.529. The SMILES string of the molecule is Nc1ccc(Cl)cc1C1CC1C(=O)Nc1nccc2nn(Cc3cn4cc(C5CC5)ccc4n3)cc12. The van der Waals surface area contributed by atoms with Crippen LogP contribution in [0.15, 0.2) is 61.2 Å². The van der Waals surface area contributed by atoms with Crippen LogP contribution in [0.25, 0.3) is 16.6 Å². The minimum atomic E-state index is -0.156. The highest BCUT2D eigenvalue weighted by Crippen LogP contribution is 2.50. The van der Waals surface area contributed by atoms with Crippen LogP contribution >= 0.6 is 11.6 Å². The molecule has 3 N–H and O–H groups in total. The van der Waals surface area contributed by atoms with E-state index in [-0.39, 0.29) is 17.7 Å². The lowest BCUT2D eigenvalue weighted by atomic mass is 10.1. The Morgan fingerprint density at radius 3 is 2.89 bits per heavy atom. The third-order valence-corrected chi connectivity index (χ3v) is 7.43. The fourth-order valence-electron chi connectivity index (χ4n) is 5.04. The Hall–Kier alpha value is -3.91. The number of hydrogen-bond donors (Lipinski definition) is 2. The fraction of sp³-hybridized carbons (Fsp3) is 0.259. The van der Waals surface area contributed by atoms with Crippen molar-refractivity contribution in [2.24, 2.45) is 5.92 Å². The Balaban J connectivity index is 1.10. The van der Waals surface area contributed by atoms with Gasteiger partial charge in [0.1, 0.15) is 11.5 Å². The van der Waals surface area contributed by atoms with Gasteiger partial charge in [0.05, 0.1) is 23.1 Å². The number of fused-ring (bicyclic) bond motifs is 2. The van der Waals surface area contributed by atoms with E-state index in [1.807, 2.05) is 23.0 Å². The van der Waals surface area contributed by atoms with Crippen molar-refractivity contribution in [3.63, 3.8) is 0 Å². The number of imidazole rings is 1. The molecule has 2 aliphatic rings. The first-order valence-corrected chi connectivity index (χ1v) is 12.5. The molecule has 0 saturated heterocycles. The average Bonchev–Trinajstić information content (AvgIpc) is 3.78. The molecule has 2 atom stereocenters. The Morgan fingerprint density at radius 1 is 1.14 bits per heavy atom. The van der Waals surface area contributed by atoms with E-state index in [0.29, 0.717) is 29.0 Å². The lowest BCUT2D eigenvalue weighted by Crippen LogP contribution is -2.15. The van der Waals surface area contributed by atoms with E-state index in [9.17, 15) is 4.79 Å². The summed E-state index contributed by atoms with van der Waals surface area (Å²) in [5.74, 6) is 1.06. The van der Waals surface area contributed by atoms with Gasteiger partial charge in [0, 0.05) is 41.4 Å². The summed E-state index contributed by atoms with van der Waals surface area (Å²) in [6.07, 6.45) is 11.1. The van der Waals surface area contributed by atoms with Crippen LogP contribution in [0.3, 0.4) is 0 Å². The molecule has 2 saturated carbocycles. The van der Waals surface area contributed by atoms with E-state index < -0.39 is 0 Å². The van der Waals surface area contributed by atoms with Gasteiger partial charge in [-0.15, -0.1) is 0 Å². The van der Waals surface area contributed by atoms with Crippen LogP contribution in [0, 0.1) is 5.92 Å². The zero-order valence-electron chi connectivity index (χ0n) is 19.4. The van der Waals surface area contributed by atoms with Crippen LogP contribution in [0.1, 0.15) is 47.9 Å². The molecule has 2 aliphatic carbocycles. The standard InChI is InChI=1S/C27H24ClN7O/c28-17-4-5-23(29)20(9-17)19-10-21(19)27(36)32-26-22-14-35(33-24(22)7-8-30-26)13-18-12-34-11-16(15-1-2-15)3-6-25(34)31-18/h3-9,11-12,14-15,19,21H,1-2,10,13,29H2,(H,30,32,36). The second-order valence-corrected chi connectivity index (χ2v) is 10.3. The first-order chi connectivity index (χ1) is 17.5. The quantitative estimate of drug-likeness (QED) is 0.322. The van der Waals surface area contributed by atoms with E-state index >= 15 is 0 Å². The Kier molecular flexibility index (Phi) is 4.79. The molecule has 2 unspecified atom stereocenters. The second-order valence-electron chi connectivity index (χ2n) is 9.86. The zero-order valence-corrected chi connectivity index (χ0v) is 20.2. The van der Waals surface area contributed by atoms with E-state index in [4.69, 9.17) is 27.4 Å². The van der Waals surface area contributed by atoms with E-state index in [1.54, 1.807) is 18.3 Å². The van der Waals surface area contributed by atoms with Gasteiger partial charge in [-0.3, -0.25) is 9.48 Å². The number of hydrogen-bond acceptors (Lipinski definition) is 5. The average molecular weight is 498 g/mol. The monoisotopic (exact) mass is 497 g/mol. The van der Waals surface area contributed by atoms with Crippen LogP contribution in [-0.4, -0.2) is 30.1 Å². The number of rotatable bonds is 6. The maximum Gasteiger partial charge on any atom is 0.229 e. The minimum Gasteiger partial charge on any atom is -0.398 e. The summed E-state index contributed by atoms with van der Waals surface area (Å²) < 4.78 is 3.94. The lowest BCUT2D eigenvalue weighted by Gasteiger charge is -2.07. The normalized spacial score (nSPS) is 19.1. The summed E-state index contributed by atoms with van der Waals surface area (Å²) in [4.78, 5) is 22.2. The van der Waals surface area contributed by atoms with Crippen molar-refractivity contribution >= 4 is 45.6 Å². The molecule has 1 amide bonds. The highest BCUT2D eigenvalue weighted by molar-refractivity contribution is 6.30. The van der Waals surface area contributed by atoms with E-state index in [2.05, 4.69) is 39.2 Å². The molecular weight excluding hydrogens is 474 g/mol. The van der Waals surface area contributed by atoms with Gasteiger partial charge in [0.25, 0.3) is 0 Å². The molecule has 5 aromatic rings. The third-order valence-electron chi connectivity index (χ3n) is 7.20. The molecule has 1 aromatic carbocycles. The van der Waals surface area contributed by atoms with Crippen molar-refractivity contribution in [2.75, 3.05) is 11.1 Å². The molecule has 180 valence electrons. The van der Waals surface area contributed by atoms with Crippen molar-refractivity contribution in [3.05, 3.63) is 83.0 Å². The largest absolute Gasteiger partial charge is 0.398 e. The van der Waals surface area contributed by atoms with Crippen LogP contribution in [0.2, 0.25) is 5.02 Å². The highest BCUT2D eigenvalue weighted by atomic mass is 35.5. The van der Waals surface area contributed by atoms with Crippen LogP contribution in [0.5, 0.6) is 0 Å². The molecule has 8 nitrogen and oxygen atoms in total. The van der Waals surface area contributed by atoms with Crippen molar-refractivity contribution < 1.29 is 4.79 Å². The smallest absolute Gasteiger partial charge is 0.229 e. The fourth-order valence-corrected chi connectivity index (χ4v) is 5.22. The number of pyridine rings is 2. The van der Waals surface area contributed by atoms with Crippen molar-refractivity contribution in [2.45, 2.75) is 37.6 Å². The van der Waals surface area contributed by atoms with Gasteiger partial charge in [-0.25, -0.2) is 9.97 Å². The van der Waals surface area contributed by atoms with Crippen molar-refractivity contribution in [1.29, 1.82) is 0 Å². The van der Waals surface area contributed by atoms with E-state index in [1.165, 1.54) is 18.4 Å².